The van der Waals surface area contributed by atoms with Crippen LogP contribution in [0.5, 0.6) is 0 Å². The first-order chi connectivity index (χ1) is 11.9. The molecule has 2 aromatic heterocycles. The zero-order valence-corrected chi connectivity index (χ0v) is 15.4. The standard InChI is InChI=1S/C17H25N5O3/c1-10(2)13-8-12(20-21(13)5)17(23)22-6-7-24-14(9-22)16-19-18-15(25-16)11(3)4/h8,10-11,14H,6-7,9H2,1-5H3/t14-/m0/s1. The van der Waals surface area contributed by atoms with Crippen LogP contribution in [-0.2, 0) is 11.8 Å². The van der Waals surface area contributed by atoms with Crippen molar-refractivity contribution < 1.29 is 13.9 Å². The van der Waals surface area contributed by atoms with Crippen LogP contribution in [0.15, 0.2) is 10.5 Å². The van der Waals surface area contributed by atoms with Crippen LogP contribution in [0.4, 0.5) is 0 Å². The Hall–Kier alpha value is -2.22. The van der Waals surface area contributed by atoms with Crippen LogP contribution in [0.25, 0.3) is 0 Å². The molecule has 25 heavy (non-hydrogen) atoms. The van der Waals surface area contributed by atoms with E-state index in [4.69, 9.17) is 9.15 Å². The number of rotatable bonds is 4. The largest absolute Gasteiger partial charge is 0.422 e. The Morgan fingerprint density at radius 1 is 1.24 bits per heavy atom. The Bertz CT molecular complexity index is 749. The van der Waals surface area contributed by atoms with E-state index >= 15 is 0 Å². The molecule has 0 radical (unpaired) electrons. The van der Waals surface area contributed by atoms with Crippen molar-refractivity contribution >= 4 is 5.91 Å². The van der Waals surface area contributed by atoms with Gasteiger partial charge in [0.25, 0.3) is 5.91 Å². The molecule has 0 N–H and O–H groups in total. The van der Waals surface area contributed by atoms with Gasteiger partial charge in [-0.1, -0.05) is 27.7 Å². The summed E-state index contributed by atoms with van der Waals surface area (Å²) in [5, 5.41) is 12.5. The zero-order valence-electron chi connectivity index (χ0n) is 15.4. The highest BCUT2D eigenvalue weighted by atomic mass is 16.5. The lowest BCUT2D eigenvalue weighted by Crippen LogP contribution is -2.42. The van der Waals surface area contributed by atoms with Gasteiger partial charge >= 0.3 is 0 Å². The van der Waals surface area contributed by atoms with Crippen LogP contribution in [0.2, 0.25) is 0 Å². The van der Waals surface area contributed by atoms with E-state index in [2.05, 4.69) is 29.1 Å². The highest BCUT2D eigenvalue weighted by Gasteiger charge is 2.31. The lowest BCUT2D eigenvalue weighted by atomic mass is 10.1. The van der Waals surface area contributed by atoms with Gasteiger partial charge < -0.3 is 14.1 Å². The third kappa shape index (κ3) is 3.58. The van der Waals surface area contributed by atoms with E-state index in [9.17, 15) is 4.79 Å². The minimum absolute atomic E-state index is 0.0978. The van der Waals surface area contributed by atoms with E-state index < -0.39 is 6.10 Å². The van der Waals surface area contributed by atoms with Crippen LogP contribution in [0.3, 0.4) is 0 Å². The normalized spacial score (nSPS) is 18.4. The van der Waals surface area contributed by atoms with Gasteiger partial charge in [0, 0.05) is 25.2 Å². The number of aromatic nitrogens is 4. The third-order valence-corrected chi connectivity index (χ3v) is 4.31. The molecule has 3 heterocycles. The molecule has 1 aliphatic rings. The third-order valence-electron chi connectivity index (χ3n) is 4.31. The summed E-state index contributed by atoms with van der Waals surface area (Å²) in [4.78, 5) is 14.5. The predicted molar refractivity (Wildman–Crippen MR) is 90.3 cm³/mol. The molecule has 1 atom stereocenters. The Balaban J connectivity index is 1.74. The number of amides is 1. The van der Waals surface area contributed by atoms with Gasteiger partial charge in [0.15, 0.2) is 11.8 Å². The van der Waals surface area contributed by atoms with E-state index in [1.54, 1.807) is 9.58 Å². The van der Waals surface area contributed by atoms with Crippen LogP contribution in [0, 0.1) is 0 Å². The summed E-state index contributed by atoms with van der Waals surface area (Å²) in [5.41, 5.74) is 1.49. The Morgan fingerprint density at radius 3 is 2.60 bits per heavy atom. The first-order valence-electron chi connectivity index (χ1n) is 8.65. The average molecular weight is 347 g/mol. The minimum atomic E-state index is -0.397. The highest BCUT2D eigenvalue weighted by Crippen LogP contribution is 2.24. The van der Waals surface area contributed by atoms with E-state index in [1.807, 2.05) is 27.0 Å². The van der Waals surface area contributed by atoms with Gasteiger partial charge in [-0.2, -0.15) is 5.10 Å². The maximum Gasteiger partial charge on any atom is 0.274 e. The quantitative estimate of drug-likeness (QED) is 0.843. The van der Waals surface area contributed by atoms with Gasteiger partial charge in [-0.15, -0.1) is 10.2 Å². The van der Waals surface area contributed by atoms with E-state index in [0.717, 1.165) is 5.69 Å². The highest BCUT2D eigenvalue weighted by molar-refractivity contribution is 5.92. The van der Waals surface area contributed by atoms with Crippen molar-refractivity contribution in [3.8, 4) is 0 Å². The molecule has 0 aliphatic carbocycles. The number of aryl methyl sites for hydroxylation is 1. The molecule has 0 aromatic carbocycles. The molecule has 0 spiro atoms. The van der Waals surface area contributed by atoms with Crippen molar-refractivity contribution in [1.82, 2.24) is 24.9 Å². The van der Waals surface area contributed by atoms with E-state index in [0.29, 0.717) is 43.1 Å². The van der Waals surface area contributed by atoms with Gasteiger partial charge in [-0.05, 0) is 12.0 Å². The first-order valence-corrected chi connectivity index (χ1v) is 8.65. The SMILES string of the molecule is CC(C)c1nnc([C@@H]2CN(C(=O)c3cc(C(C)C)n(C)n3)CCO2)o1. The molecule has 0 bridgehead atoms. The molecule has 1 amide bonds. The maximum atomic E-state index is 12.8. The molecule has 8 heteroatoms. The van der Waals surface area contributed by atoms with Gasteiger partial charge in [0.2, 0.25) is 11.8 Å². The van der Waals surface area contributed by atoms with Crippen molar-refractivity contribution in [2.75, 3.05) is 19.7 Å². The second-order valence-electron chi connectivity index (χ2n) is 6.98. The Kier molecular flexibility index (Phi) is 4.89. The Labute approximate surface area is 147 Å². The molecule has 0 saturated carbocycles. The summed E-state index contributed by atoms with van der Waals surface area (Å²) in [7, 11) is 1.86. The second-order valence-corrected chi connectivity index (χ2v) is 6.98. The fraction of sp³-hybridized carbons (Fsp3) is 0.647. The molecule has 1 fully saturated rings. The smallest absolute Gasteiger partial charge is 0.274 e. The molecule has 0 unspecified atom stereocenters. The summed E-state index contributed by atoms with van der Waals surface area (Å²) in [6, 6.07) is 1.86. The Morgan fingerprint density at radius 2 is 2.00 bits per heavy atom. The first kappa shape index (κ1) is 17.6. The maximum absolute atomic E-state index is 12.8. The monoisotopic (exact) mass is 347 g/mol. The van der Waals surface area contributed by atoms with Crippen LogP contribution < -0.4 is 0 Å². The van der Waals surface area contributed by atoms with Crippen molar-refractivity contribution in [2.45, 2.75) is 45.6 Å². The lowest BCUT2D eigenvalue weighted by molar-refractivity contribution is -0.0352. The average Bonchev–Trinajstić information content (AvgIpc) is 3.21. The number of hydrogen-bond donors (Lipinski definition) is 0. The zero-order chi connectivity index (χ0) is 18.1. The molecule has 2 aromatic rings. The van der Waals surface area contributed by atoms with Crippen molar-refractivity contribution in [3.63, 3.8) is 0 Å². The van der Waals surface area contributed by atoms with Gasteiger partial charge in [-0.3, -0.25) is 9.48 Å². The number of morpholine rings is 1. The number of ether oxygens (including phenoxy) is 1. The van der Waals surface area contributed by atoms with Crippen LogP contribution >= 0.6 is 0 Å². The number of carbonyl (C=O) groups is 1. The van der Waals surface area contributed by atoms with Crippen LogP contribution in [0.1, 0.15) is 73.6 Å². The van der Waals surface area contributed by atoms with Crippen molar-refractivity contribution in [1.29, 1.82) is 0 Å². The molecule has 1 aliphatic heterocycles. The lowest BCUT2D eigenvalue weighted by Gasteiger charge is -2.30. The second kappa shape index (κ2) is 6.95. The fourth-order valence-electron chi connectivity index (χ4n) is 2.88. The van der Waals surface area contributed by atoms with Gasteiger partial charge in [-0.25, -0.2) is 0 Å². The fourth-order valence-corrected chi connectivity index (χ4v) is 2.88. The predicted octanol–water partition coefficient (Wildman–Crippen LogP) is 2.26. The van der Waals surface area contributed by atoms with Crippen molar-refractivity contribution in [2.24, 2.45) is 7.05 Å². The summed E-state index contributed by atoms with van der Waals surface area (Å²) in [6.07, 6.45) is -0.397. The van der Waals surface area contributed by atoms with Gasteiger partial charge in [0.05, 0.1) is 13.2 Å². The minimum Gasteiger partial charge on any atom is -0.422 e. The molecule has 3 rings (SSSR count). The van der Waals surface area contributed by atoms with Crippen molar-refractivity contribution in [3.05, 3.63) is 29.2 Å². The molecule has 8 nitrogen and oxygen atoms in total. The molecular formula is C17H25N5O3. The summed E-state index contributed by atoms with van der Waals surface area (Å²) in [5.74, 6) is 1.37. The number of nitrogens with zero attached hydrogens (tertiary/aromatic N) is 5. The number of carbonyl (C=O) groups excluding carboxylic acids is 1. The summed E-state index contributed by atoms with van der Waals surface area (Å²) < 4.78 is 13.2. The number of hydrogen-bond acceptors (Lipinski definition) is 6. The molecule has 136 valence electrons. The molecular weight excluding hydrogens is 322 g/mol. The topological polar surface area (TPSA) is 86.3 Å². The van der Waals surface area contributed by atoms with E-state index in [-0.39, 0.29) is 11.8 Å². The van der Waals surface area contributed by atoms with E-state index in [1.165, 1.54) is 0 Å². The van der Waals surface area contributed by atoms with Crippen LogP contribution in [-0.4, -0.2) is 50.5 Å². The summed E-state index contributed by atoms with van der Waals surface area (Å²) in [6.45, 7) is 9.47. The summed E-state index contributed by atoms with van der Waals surface area (Å²) >= 11 is 0. The van der Waals surface area contributed by atoms with Gasteiger partial charge in [0.1, 0.15) is 0 Å². The molecule has 1 saturated heterocycles.